The number of carboxylic acids is 2. The van der Waals surface area contributed by atoms with Crippen LogP contribution in [0.4, 0.5) is 22.7 Å². The molecule has 1 unspecified atom stereocenters. The molecule has 0 aromatic heterocycles. The van der Waals surface area contributed by atoms with Crippen molar-refractivity contribution in [2.24, 2.45) is 0 Å². The zero-order valence-corrected chi connectivity index (χ0v) is 26.3. The van der Waals surface area contributed by atoms with E-state index in [0.29, 0.717) is 16.3 Å². The summed E-state index contributed by atoms with van der Waals surface area (Å²) in [6.45, 7) is 3.72. The van der Waals surface area contributed by atoms with Crippen LogP contribution in [-0.4, -0.2) is 16.1 Å². The quantitative estimate of drug-likeness (QED) is 0.239. The van der Waals surface area contributed by atoms with E-state index in [0.717, 1.165) is 17.2 Å². The summed E-state index contributed by atoms with van der Waals surface area (Å²) in [6.07, 6.45) is 0. The van der Waals surface area contributed by atoms with Crippen molar-refractivity contribution in [2.45, 2.75) is 23.6 Å². The van der Waals surface area contributed by atoms with Gasteiger partial charge in [0.1, 0.15) is 0 Å². The second-order valence-electron chi connectivity index (χ2n) is 8.20. The molecule has 0 radical (unpaired) electrons. The summed E-state index contributed by atoms with van der Waals surface area (Å²) in [5.41, 5.74) is 1.82. The van der Waals surface area contributed by atoms with E-state index < -0.39 is 28.3 Å². The number of nitrogens with one attached hydrogen (secondary N) is 2. The minimum absolute atomic E-state index is 0. The Morgan fingerprint density at radius 3 is 1.76 bits per heavy atom. The molecule has 4 aromatic rings. The molecule has 0 heterocycles. The Balaban J connectivity index is 0.00000253. The average Bonchev–Trinajstić information content (AvgIpc) is 2.84. The van der Waals surface area contributed by atoms with E-state index in [2.05, 4.69) is 10.6 Å². The summed E-state index contributed by atoms with van der Waals surface area (Å²) in [5.74, 6) is -3.17. The third-order valence-corrected chi connectivity index (χ3v) is 6.91. The summed E-state index contributed by atoms with van der Waals surface area (Å²) in [7, 11) is -2.08. The summed E-state index contributed by atoms with van der Waals surface area (Å²) >= 11 is 0. The SMILES string of the molecule is Cc1cccc(Nc2cc(C(=O)[O-])c(Nc3cccc(C)c3)c(S(=O)c3ccccc3)c2C(=O)[O-])c1.[Na+].[Na+]. The Kier molecular flexibility index (Phi) is 11.8. The minimum Gasteiger partial charge on any atom is -0.545 e. The molecular weight excluding hydrogens is 522 g/mol. The van der Waals surface area contributed by atoms with Gasteiger partial charge in [0.05, 0.1) is 33.3 Å². The molecule has 0 fully saturated rings. The maximum Gasteiger partial charge on any atom is 1.00 e. The molecular formula is C28H22N2Na2O5S. The molecule has 7 nitrogen and oxygen atoms in total. The molecule has 0 bridgehead atoms. The summed E-state index contributed by atoms with van der Waals surface area (Å²) in [4.78, 5) is 24.8. The van der Waals surface area contributed by atoms with Gasteiger partial charge >= 0.3 is 59.1 Å². The molecule has 0 aliphatic rings. The summed E-state index contributed by atoms with van der Waals surface area (Å²) < 4.78 is 13.8. The van der Waals surface area contributed by atoms with Crippen LogP contribution in [0.3, 0.4) is 0 Å². The van der Waals surface area contributed by atoms with Gasteiger partial charge in [-0.25, -0.2) is 4.21 Å². The molecule has 1 atom stereocenters. The van der Waals surface area contributed by atoms with Gasteiger partial charge < -0.3 is 30.4 Å². The molecule has 0 saturated heterocycles. The average molecular weight is 545 g/mol. The van der Waals surface area contributed by atoms with Crippen LogP contribution in [0.5, 0.6) is 0 Å². The Bertz CT molecular complexity index is 1500. The van der Waals surface area contributed by atoms with Gasteiger partial charge in [0, 0.05) is 33.1 Å². The smallest absolute Gasteiger partial charge is 0.545 e. The number of anilines is 4. The first-order valence-electron chi connectivity index (χ1n) is 11.0. The monoisotopic (exact) mass is 544 g/mol. The molecule has 0 aliphatic carbocycles. The van der Waals surface area contributed by atoms with Gasteiger partial charge in [-0.15, -0.1) is 0 Å². The first kappa shape index (κ1) is 31.8. The molecule has 2 N–H and O–H groups in total. The number of hydrogen-bond acceptors (Lipinski definition) is 7. The van der Waals surface area contributed by atoms with Gasteiger partial charge in [-0.1, -0.05) is 42.5 Å². The van der Waals surface area contributed by atoms with Crippen molar-refractivity contribution in [1.29, 1.82) is 0 Å². The van der Waals surface area contributed by atoms with Gasteiger partial charge in [0.2, 0.25) is 0 Å². The van der Waals surface area contributed by atoms with E-state index in [1.807, 2.05) is 26.0 Å². The number of hydrogen-bond donors (Lipinski definition) is 2. The van der Waals surface area contributed by atoms with E-state index in [9.17, 15) is 24.0 Å². The van der Waals surface area contributed by atoms with Crippen LogP contribution in [0.15, 0.2) is 94.7 Å². The van der Waals surface area contributed by atoms with E-state index >= 15 is 0 Å². The summed E-state index contributed by atoms with van der Waals surface area (Å²) in [5, 5.41) is 30.7. The maximum absolute atomic E-state index is 13.8. The minimum atomic E-state index is -2.08. The molecule has 4 aromatic carbocycles. The predicted molar refractivity (Wildman–Crippen MR) is 135 cm³/mol. The Labute approximate surface area is 267 Å². The fourth-order valence-corrected chi connectivity index (χ4v) is 5.20. The number of aryl methyl sites for hydroxylation is 2. The molecule has 4 rings (SSSR count). The van der Waals surface area contributed by atoms with Gasteiger partial charge in [-0.3, -0.25) is 0 Å². The number of carbonyl (C=O) groups excluding carboxylic acids is 2. The second-order valence-corrected chi connectivity index (χ2v) is 9.61. The molecule has 0 saturated carbocycles. The van der Waals surface area contributed by atoms with Crippen LogP contribution in [0.2, 0.25) is 0 Å². The fourth-order valence-electron chi connectivity index (χ4n) is 3.84. The summed E-state index contributed by atoms with van der Waals surface area (Å²) in [6, 6.07) is 23.5. The van der Waals surface area contributed by atoms with Crippen molar-refractivity contribution in [1.82, 2.24) is 0 Å². The number of benzene rings is 4. The van der Waals surface area contributed by atoms with Crippen molar-refractivity contribution in [2.75, 3.05) is 10.6 Å². The van der Waals surface area contributed by atoms with Crippen LogP contribution in [0.25, 0.3) is 0 Å². The number of aromatic carboxylic acids is 2. The van der Waals surface area contributed by atoms with Crippen molar-refractivity contribution >= 4 is 45.5 Å². The first-order chi connectivity index (χ1) is 17.2. The standard InChI is InChI=1S/C28H24N2O5S.2Na/c1-17-8-6-10-19(14-17)29-23-16-22(27(31)32)25(30-20-11-7-9-18(2)15-20)26(24(23)28(33)34)36(35)21-12-4-3-5-13-21;;/h3-16,29-30H,1-2H3,(H,31,32)(H,33,34);;/q;2*+1/p-2. The van der Waals surface area contributed by atoms with Crippen LogP contribution >= 0.6 is 0 Å². The predicted octanol–water partition coefficient (Wildman–Crippen LogP) is -2.31. The third kappa shape index (κ3) is 7.36. The van der Waals surface area contributed by atoms with Gasteiger partial charge in [0.25, 0.3) is 0 Å². The number of carboxylic acid groups (broad SMARTS) is 2. The van der Waals surface area contributed by atoms with Crippen LogP contribution in [0, 0.1) is 13.8 Å². The van der Waals surface area contributed by atoms with Gasteiger partial charge in [0.15, 0.2) is 0 Å². The normalized spacial score (nSPS) is 10.9. The molecule has 182 valence electrons. The van der Waals surface area contributed by atoms with Gasteiger partial charge in [-0.2, -0.15) is 0 Å². The zero-order valence-electron chi connectivity index (χ0n) is 21.5. The van der Waals surface area contributed by atoms with Crippen LogP contribution < -0.4 is 80.0 Å². The molecule has 0 amide bonds. The molecule has 10 heteroatoms. The van der Waals surface area contributed by atoms with Crippen LogP contribution in [-0.2, 0) is 10.8 Å². The topological polar surface area (TPSA) is 121 Å². The van der Waals surface area contributed by atoms with Crippen molar-refractivity contribution in [3.63, 3.8) is 0 Å². The van der Waals surface area contributed by atoms with E-state index in [4.69, 9.17) is 0 Å². The fraction of sp³-hybridized carbons (Fsp3) is 0.0714. The van der Waals surface area contributed by atoms with Crippen molar-refractivity contribution in [3.05, 3.63) is 107 Å². The van der Waals surface area contributed by atoms with Crippen molar-refractivity contribution in [3.8, 4) is 0 Å². The molecule has 0 spiro atoms. The van der Waals surface area contributed by atoms with E-state index in [1.54, 1.807) is 66.7 Å². The van der Waals surface area contributed by atoms with Crippen molar-refractivity contribution < 1.29 is 83.1 Å². The first-order valence-corrected chi connectivity index (χ1v) is 12.2. The molecule has 38 heavy (non-hydrogen) atoms. The van der Waals surface area contributed by atoms with E-state index in [-0.39, 0.29) is 80.9 Å². The Morgan fingerprint density at radius 2 is 1.26 bits per heavy atom. The zero-order chi connectivity index (χ0) is 25.8. The molecule has 0 aliphatic heterocycles. The maximum atomic E-state index is 13.8. The third-order valence-electron chi connectivity index (χ3n) is 5.43. The van der Waals surface area contributed by atoms with Crippen LogP contribution in [0.1, 0.15) is 31.8 Å². The van der Waals surface area contributed by atoms with E-state index in [1.165, 1.54) is 0 Å². The second kappa shape index (κ2) is 14.1. The number of rotatable bonds is 8. The Morgan fingerprint density at radius 1 is 0.711 bits per heavy atom. The number of carbonyl (C=O) groups is 2. The largest absolute Gasteiger partial charge is 1.00 e. The van der Waals surface area contributed by atoms with Gasteiger partial charge in [-0.05, 0) is 67.4 Å². The Hall–Kier alpha value is -2.43.